The molecule has 0 N–H and O–H groups in total. The van der Waals surface area contributed by atoms with Gasteiger partial charge in [0.05, 0.1) is 5.69 Å². The van der Waals surface area contributed by atoms with Crippen molar-refractivity contribution in [3.63, 3.8) is 0 Å². The first kappa shape index (κ1) is 32.5. The minimum absolute atomic E-state index is 0.0977. The van der Waals surface area contributed by atoms with Gasteiger partial charge in [0.15, 0.2) is 0 Å². The molecule has 1 nitrogen and oxygen atoms in total. The number of fused-ring (bicyclic) bond motifs is 9. The van der Waals surface area contributed by atoms with Crippen LogP contribution < -0.4 is 4.90 Å². The van der Waals surface area contributed by atoms with Gasteiger partial charge in [0.2, 0.25) is 0 Å². The molecular formula is C55H39N. The Balaban J connectivity index is 1.07. The largest absolute Gasteiger partial charge is 0.310 e. The van der Waals surface area contributed by atoms with Gasteiger partial charge in [0, 0.05) is 22.4 Å². The highest BCUT2D eigenvalue weighted by molar-refractivity contribution is 6.22. The molecular weight excluding hydrogens is 675 g/mol. The number of nitrogens with zero attached hydrogens (tertiary/aromatic N) is 1. The molecule has 1 aliphatic rings. The zero-order valence-corrected chi connectivity index (χ0v) is 31.5. The predicted molar refractivity (Wildman–Crippen MR) is 240 cm³/mol. The van der Waals surface area contributed by atoms with E-state index in [-0.39, 0.29) is 5.41 Å². The van der Waals surface area contributed by atoms with Crippen LogP contribution in [-0.4, -0.2) is 0 Å². The Bertz CT molecular complexity index is 3150. The molecule has 0 aromatic heterocycles. The average molecular weight is 714 g/mol. The Morgan fingerprint density at radius 2 is 0.839 bits per heavy atom. The van der Waals surface area contributed by atoms with E-state index in [9.17, 15) is 0 Å². The zero-order chi connectivity index (χ0) is 37.4. The van der Waals surface area contributed by atoms with Crippen molar-refractivity contribution in [2.24, 2.45) is 0 Å². The maximum Gasteiger partial charge on any atom is 0.0543 e. The molecule has 1 heteroatoms. The second-order valence-corrected chi connectivity index (χ2v) is 15.7. The molecule has 0 saturated heterocycles. The molecule has 0 heterocycles. The van der Waals surface area contributed by atoms with E-state index in [1.54, 1.807) is 0 Å². The highest BCUT2D eigenvalue weighted by Gasteiger charge is 2.37. The summed E-state index contributed by atoms with van der Waals surface area (Å²) in [6, 6.07) is 73.9. The molecule has 10 aromatic rings. The molecule has 11 rings (SSSR count). The molecule has 0 unspecified atom stereocenters. The summed E-state index contributed by atoms with van der Waals surface area (Å²) >= 11 is 0. The summed E-state index contributed by atoms with van der Waals surface area (Å²) in [4.78, 5) is 2.45. The topological polar surface area (TPSA) is 3.24 Å². The van der Waals surface area contributed by atoms with E-state index in [2.05, 4.69) is 219 Å². The van der Waals surface area contributed by atoms with Gasteiger partial charge in [0.1, 0.15) is 0 Å². The lowest BCUT2D eigenvalue weighted by Crippen LogP contribution is -2.16. The second-order valence-electron chi connectivity index (χ2n) is 15.7. The van der Waals surface area contributed by atoms with Crippen LogP contribution in [0.5, 0.6) is 0 Å². The van der Waals surface area contributed by atoms with Crippen molar-refractivity contribution < 1.29 is 0 Å². The van der Waals surface area contributed by atoms with Gasteiger partial charge >= 0.3 is 0 Å². The minimum atomic E-state index is -0.0977. The fourth-order valence-electron chi connectivity index (χ4n) is 9.52. The zero-order valence-electron chi connectivity index (χ0n) is 31.5. The molecule has 1 aliphatic carbocycles. The summed E-state index contributed by atoms with van der Waals surface area (Å²) in [5.41, 5.74) is 13.6. The average Bonchev–Trinajstić information content (AvgIpc) is 3.50. The Morgan fingerprint density at radius 1 is 0.339 bits per heavy atom. The van der Waals surface area contributed by atoms with Crippen LogP contribution in [0.15, 0.2) is 200 Å². The van der Waals surface area contributed by atoms with Crippen molar-refractivity contribution in [2.75, 3.05) is 4.90 Å². The Labute approximate surface area is 327 Å². The summed E-state index contributed by atoms with van der Waals surface area (Å²) < 4.78 is 0. The van der Waals surface area contributed by atoms with Crippen LogP contribution in [0.3, 0.4) is 0 Å². The lowest BCUT2D eigenvalue weighted by Gasteiger charge is -2.29. The molecule has 0 radical (unpaired) electrons. The second kappa shape index (κ2) is 12.5. The van der Waals surface area contributed by atoms with Crippen LogP contribution in [0.1, 0.15) is 25.0 Å². The fraction of sp³-hybridized carbons (Fsp3) is 0.0545. The van der Waals surface area contributed by atoms with Crippen LogP contribution in [0, 0.1) is 0 Å². The highest BCUT2D eigenvalue weighted by atomic mass is 15.1. The van der Waals surface area contributed by atoms with Gasteiger partial charge in [-0.2, -0.15) is 0 Å². The van der Waals surface area contributed by atoms with Crippen LogP contribution >= 0.6 is 0 Å². The van der Waals surface area contributed by atoms with Crippen LogP contribution in [0.25, 0.3) is 76.5 Å². The quantitative estimate of drug-likeness (QED) is 0.161. The lowest BCUT2D eigenvalue weighted by atomic mass is 9.82. The summed E-state index contributed by atoms with van der Waals surface area (Å²) in [7, 11) is 0. The molecule has 0 bridgehead atoms. The van der Waals surface area contributed by atoms with Crippen LogP contribution in [-0.2, 0) is 5.41 Å². The van der Waals surface area contributed by atoms with Crippen molar-refractivity contribution in [2.45, 2.75) is 19.3 Å². The fourth-order valence-corrected chi connectivity index (χ4v) is 9.52. The highest BCUT2D eigenvalue weighted by Crippen LogP contribution is 2.54. The monoisotopic (exact) mass is 713 g/mol. The number of benzene rings is 10. The van der Waals surface area contributed by atoms with E-state index >= 15 is 0 Å². The molecule has 0 atom stereocenters. The summed E-state index contributed by atoms with van der Waals surface area (Å²) in [5, 5.41) is 10.2. The van der Waals surface area contributed by atoms with Crippen molar-refractivity contribution in [1.29, 1.82) is 0 Å². The first-order valence-corrected chi connectivity index (χ1v) is 19.6. The standard InChI is InChI=1S/C55H39N/c1-55(2)50-21-8-7-17-49(50)54-51(55)22-11-23-52(54)56(41-31-26-38(27-32-41)44-18-9-14-36-12-3-5-15-43(36)44)42-33-28-39(29-34-42)45-19-10-20-48-47(45)35-30-40-25-24-37-13-4-6-16-46(37)53(40)48/h3-35H,1-2H3. The molecule has 10 aromatic carbocycles. The number of rotatable bonds is 5. The third-order valence-corrected chi connectivity index (χ3v) is 12.3. The van der Waals surface area contributed by atoms with Crippen molar-refractivity contribution >= 4 is 60.2 Å². The summed E-state index contributed by atoms with van der Waals surface area (Å²) in [6.07, 6.45) is 0. The molecule has 0 amide bonds. The first-order chi connectivity index (χ1) is 27.5. The molecule has 0 fully saturated rings. The van der Waals surface area contributed by atoms with Gasteiger partial charge in [0.25, 0.3) is 0 Å². The molecule has 56 heavy (non-hydrogen) atoms. The molecule has 0 spiro atoms. The van der Waals surface area contributed by atoms with Gasteiger partial charge in [-0.05, 0) is 112 Å². The van der Waals surface area contributed by atoms with E-state index < -0.39 is 0 Å². The molecule has 0 saturated carbocycles. The third-order valence-electron chi connectivity index (χ3n) is 12.3. The number of anilines is 3. The van der Waals surface area contributed by atoms with E-state index in [0.29, 0.717) is 0 Å². The minimum Gasteiger partial charge on any atom is -0.310 e. The van der Waals surface area contributed by atoms with Gasteiger partial charge in [-0.25, -0.2) is 0 Å². The number of hydrogen-bond donors (Lipinski definition) is 0. The smallest absolute Gasteiger partial charge is 0.0543 e. The van der Waals surface area contributed by atoms with Crippen molar-refractivity contribution in [3.05, 3.63) is 211 Å². The maximum atomic E-state index is 2.45. The van der Waals surface area contributed by atoms with E-state index in [1.165, 1.54) is 93.3 Å². The van der Waals surface area contributed by atoms with E-state index in [0.717, 1.165) is 11.4 Å². The summed E-state index contributed by atoms with van der Waals surface area (Å²) in [6.45, 7) is 4.71. The Hall–Kier alpha value is -6.96. The third kappa shape index (κ3) is 4.94. The molecule has 264 valence electrons. The van der Waals surface area contributed by atoms with Gasteiger partial charge in [-0.15, -0.1) is 0 Å². The van der Waals surface area contributed by atoms with Crippen LogP contribution in [0.2, 0.25) is 0 Å². The van der Waals surface area contributed by atoms with E-state index in [4.69, 9.17) is 0 Å². The maximum absolute atomic E-state index is 2.45. The van der Waals surface area contributed by atoms with Gasteiger partial charge in [-0.3, -0.25) is 0 Å². The van der Waals surface area contributed by atoms with Crippen molar-refractivity contribution in [1.82, 2.24) is 0 Å². The first-order valence-electron chi connectivity index (χ1n) is 19.6. The van der Waals surface area contributed by atoms with Crippen molar-refractivity contribution in [3.8, 4) is 33.4 Å². The normalized spacial score (nSPS) is 13.0. The number of hydrogen-bond acceptors (Lipinski definition) is 1. The van der Waals surface area contributed by atoms with E-state index in [1.807, 2.05) is 0 Å². The van der Waals surface area contributed by atoms with Crippen LogP contribution in [0.4, 0.5) is 17.1 Å². The van der Waals surface area contributed by atoms with Gasteiger partial charge in [-0.1, -0.05) is 184 Å². The summed E-state index contributed by atoms with van der Waals surface area (Å²) in [5.74, 6) is 0. The molecule has 0 aliphatic heterocycles. The Morgan fingerprint density at radius 3 is 1.59 bits per heavy atom. The van der Waals surface area contributed by atoms with Gasteiger partial charge < -0.3 is 4.90 Å². The SMILES string of the molecule is CC1(C)c2ccccc2-c2c(N(c3ccc(-c4cccc5ccccc45)cc3)c3ccc(-c4cccc5c4ccc4ccc6ccccc6c45)cc3)cccc21. The lowest BCUT2D eigenvalue weighted by molar-refractivity contribution is 0.660. The predicted octanol–water partition coefficient (Wildman–Crippen LogP) is 15.4. The Kier molecular flexibility index (Phi) is 7.28.